The largest absolute Gasteiger partial charge is 0.402 e. The van der Waals surface area contributed by atoms with Gasteiger partial charge in [0.05, 0.1) is 6.26 Å². The fraction of sp³-hybridized carbons (Fsp3) is 0.300. The van der Waals surface area contributed by atoms with Crippen LogP contribution < -0.4 is 0 Å². The summed E-state index contributed by atoms with van der Waals surface area (Å²) in [5.41, 5.74) is 1.00. The number of carbonyl (C=O) groups is 1. The average Bonchev–Trinajstić information content (AvgIpc) is 2.87. The average molecular weight is 399 g/mol. The van der Waals surface area contributed by atoms with E-state index in [1.165, 1.54) is 10.6 Å². The van der Waals surface area contributed by atoms with Crippen molar-refractivity contribution in [2.45, 2.75) is 6.42 Å². The van der Waals surface area contributed by atoms with E-state index in [0.717, 1.165) is 16.3 Å². The molecular weight excluding hydrogens is 378 g/mol. The molecule has 0 bridgehead atoms. The van der Waals surface area contributed by atoms with Gasteiger partial charge in [-0.15, -0.1) is 0 Å². The Morgan fingerprint density at radius 1 is 1.04 bits per heavy atom. The summed E-state index contributed by atoms with van der Waals surface area (Å²) in [7, 11) is -3.21. The van der Waals surface area contributed by atoms with Crippen LogP contribution in [0.1, 0.15) is 12.0 Å². The number of hydrogen-bond donors (Lipinski definition) is 0. The third-order valence-corrected chi connectivity index (χ3v) is 6.21. The van der Waals surface area contributed by atoms with Gasteiger partial charge in [-0.2, -0.15) is 0 Å². The highest BCUT2D eigenvalue weighted by atomic mass is 32.2. The van der Waals surface area contributed by atoms with E-state index >= 15 is 0 Å². The normalized spacial score (nSPS) is 20.3. The number of aliphatic imine (C=N–C) groups is 1. The first-order chi connectivity index (χ1) is 13.4. The molecule has 4 rings (SSSR count). The molecule has 8 heteroatoms. The lowest BCUT2D eigenvalue weighted by Crippen LogP contribution is -2.33. The molecule has 0 amide bonds. The first kappa shape index (κ1) is 18.6. The van der Waals surface area contributed by atoms with Crippen LogP contribution in [-0.2, 0) is 19.6 Å². The Bertz CT molecular complexity index is 1090. The number of hydrogen-bond acceptors (Lipinski definition) is 6. The van der Waals surface area contributed by atoms with Crippen molar-refractivity contribution in [1.29, 1.82) is 0 Å². The van der Waals surface area contributed by atoms with Crippen LogP contribution in [0.3, 0.4) is 0 Å². The second-order valence-electron chi connectivity index (χ2n) is 6.90. The predicted octanol–water partition coefficient (Wildman–Crippen LogP) is 1.95. The van der Waals surface area contributed by atoms with Gasteiger partial charge in [0.25, 0.3) is 0 Å². The molecule has 2 heterocycles. The molecule has 2 aliphatic heterocycles. The van der Waals surface area contributed by atoms with Gasteiger partial charge in [0.15, 0.2) is 5.70 Å². The van der Waals surface area contributed by atoms with E-state index in [1.807, 2.05) is 47.4 Å². The van der Waals surface area contributed by atoms with Crippen LogP contribution in [0, 0.1) is 0 Å². The van der Waals surface area contributed by atoms with Gasteiger partial charge in [-0.1, -0.05) is 36.4 Å². The molecule has 0 spiro atoms. The number of esters is 1. The van der Waals surface area contributed by atoms with Gasteiger partial charge in [0.1, 0.15) is 0 Å². The predicted molar refractivity (Wildman–Crippen MR) is 107 cm³/mol. The Labute approximate surface area is 164 Å². The number of benzene rings is 2. The van der Waals surface area contributed by atoms with Gasteiger partial charge in [-0.25, -0.2) is 22.5 Å². The molecule has 0 unspecified atom stereocenters. The van der Waals surface area contributed by atoms with Crippen LogP contribution in [0.4, 0.5) is 0 Å². The molecule has 0 N–H and O–H groups in total. The molecule has 0 aliphatic carbocycles. The zero-order chi connectivity index (χ0) is 19.7. The van der Waals surface area contributed by atoms with Gasteiger partial charge < -0.3 is 9.64 Å². The summed E-state index contributed by atoms with van der Waals surface area (Å²) in [5, 5.41) is 2.01. The topological polar surface area (TPSA) is 79.3 Å². The molecule has 0 atom stereocenters. The lowest BCUT2D eigenvalue weighted by atomic mass is 10.0. The lowest BCUT2D eigenvalue weighted by molar-refractivity contribution is -0.130. The molecule has 2 aromatic rings. The molecule has 1 saturated heterocycles. The van der Waals surface area contributed by atoms with Crippen molar-refractivity contribution >= 4 is 32.7 Å². The van der Waals surface area contributed by atoms with E-state index in [2.05, 4.69) is 4.99 Å². The summed E-state index contributed by atoms with van der Waals surface area (Å²) >= 11 is 0. The minimum atomic E-state index is -3.21. The number of ether oxygens (including phenoxy) is 1. The molecule has 28 heavy (non-hydrogen) atoms. The van der Waals surface area contributed by atoms with Crippen LogP contribution in [0.25, 0.3) is 10.8 Å². The molecule has 7 nitrogen and oxygen atoms in total. The van der Waals surface area contributed by atoms with Gasteiger partial charge in [0, 0.05) is 37.9 Å². The zero-order valence-corrected chi connectivity index (χ0v) is 16.4. The molecule has 146 valence electrons. The van der Waals surface area contributed by atoms with Crippen molar-refractivity contribution in [2.24, 2.45) is 4.99 Å². The van der Waals surface area contributed by atoms with E-state index in [-0.39, 0.29) is 5.70 Å². The molecule has 2 aliphatic rings. The summed E-state index contributed by atoms with van der Waals surface area (Å²) < 4.78 is 30.4. The maximum Gasteiger partial charge on any atom is 0.365 e. The summed E-state index contributed by atoms with van der Waals surface area (Å²) in [5.74, 6) is -0.201. The molecule has 0 aromatic heterocycles. The quantitative estimate of drug-likeness (QED) is 0.582. The number of rotatable bonds is 3. The fourth-order valence-electron chi connectivity index (χ4n) is 3.47. The molecule has 2 aromatic carbocycles. The zero-order valence-electron chi connectivity index (χ0n) is 15.5. The third kappa shape index (κ3) is 3.79. The Morgan fingerprint density at radius 3 is 2.64 bits per heavy atom. The Morgan fingerprint density at radius 2 is 1.82 bits per heavy atom. The summed E-state index contributed by atoms with van der Waals surface area (Å²) in [4.78, 5) is 18.7. The number of cyclic esters (lactones) is 1. The Balaban J connectivity index is 1.59. The lowest BCUT2D eigenvalue weighted by Gasteiger charge is -2.18. The van der Waals surface area contributed by atoms with Crippen molar-refractivity contribution in [2.75, 3.05) is 32.4 Å². The number of carbonyl (C=O) groups excluding carboxylic acids is 1. The van der Waals surface area contributed by atoms with Crippen LogP contribution in [0.2, 0.25) is 0 Å². The van der Waals surface area contributed by atoms with Crippen molar-refractivity contribution in [1.82, 2.24) is 9.21 Å². The minimum absolute atomic E-state index is 0.232. The van der Waals surface area contributed by atoms with Crippen molar-refractivity contribution in [3.63, 3.8) is 0 Å². The highest BCUT2D eigenvalue weighted by molar-refractivity contribution is 7.88. The van der Waals surface area contributed by atoms with Crippen molar-refractivity contribution < 1.29 is 17.9 Å². The van der Waals surface area contributed by atoms with Gasteiger partial charge in [-0.3, -0.25) is 0 Å². The number of nitrogens with zero attached hydrogens (tertiary/aromatic N) is 3. The van der Waals surface area contributed by atoms with Crippen LogP contribution >= 0.6 is 0 Å². The van der Waals surface area contributed by atoms with Gasteiger partial charge in [0.2, 0.25) is 15.9 Å². The SMILES string of the molecule is CS(=O)(=O)N1CCCN(/C=C2\N=C(c3cccc4ccccc34)OC2=O)CC1. The van der Waals surface area contributed by atoms with Crippen LogP contribution in [-0.4, -0.2) is 61.9 Å². The summed E-state index contributed by atoms with van der Waals surface area (Å²) in [6.45, 7) is 2.02. The van der Waals surface area contributed by atoms with Crippen LogP contribution in [0.5, 0.6) is 0 Å². The monoisotopic (exact) mass is 399 g/mol. The standard InChI is InChI=1S/C20H21N3O4S/c1-28(25,26)23-11-5-10-22(12-13-23)14-18-20(24)27-19(21-18)17-9-4-7-15-6-2-3-8-16(15)17/h2-4,6-9,14H,5,10-13H2,1H3/b18-14-. The third-order valence-electron chi connectivity index (χ3n) is 4.90. The van der Waals surface area contributed by atoms with E-state index in [4.69, 9.17) is 4.74 Å². The fourth-order valence-corrected chi connectivity index (χ4v) is 4.35. The summed E-state index contributed by atoms with van der Waals surface area (Å²) in [6, 6.07) is 13.6. The highest BCUT2D eigenvalue weighted by Crippen LogP contribution is 2.24. The van der Waals surface area contributed by atoms with E-state index in [1.54, 1.807) is 6.20 Å². The first-order valence-corrected chi connectivity index (χ1v) is 11.0. The molecule has 1 fully saturated rings. The van der Waals surface area contributed by atoms with Crippen LogP contribution in [0.15, 0.2) is 59.4 Å². The first-order valence-electron chi connectivity index (χ1n) is 9.12. The number of fused-ring (bicyclic) bond motifs is 1. The maximum absolute atomic E-state index is 12.3. The smallest absolute Gasteiger partial charge is 0.365 e. The van der Waals surface area contributed by atoms with Gasteiger partial charge >= 0.3 is 5.97 Å². The second-order valence-corrected chi connectivity index (χ2v) is 8.88. The van der Waals surface area contributed by atoms with Gasteiger partial charge in [-0.05, 0) is 23.3 Å². The molecular formula is C20H21N3O4S. The van der Waals surface area contributed by atoms with Crippen molar-refractivity contribution in [3.8, 4) is 0 Å². The molecule has 0 saturated carbocycles. The maximum atomic E-state index is 12.3. The Kier molecular flexibility index (Phi) is 4.91. The summed E-state index contributed by atoms with van der Waals surface area (Å²) in [6.07, 6.45) is 3.58. The van der Waals surface area contributed by atoms with E-state index < -0.39 is 16.0 Å². The van der Waals surface area contributed by atoms with E-state index in [0.29, 0.717) is 38.5 Å². The Hall–Kier alpha value is -2.71. The second kappa shape index (κ2) is 7.37. The minimum Gasteiger partial charge on any atom is -0.402 e. The number of sulfonamides is 1. The van der Waals surface area contributed by atoms with E-state index in [9.17, 15) is 13.2 Å². The highest BCUT2D eigenvalue weighted by Gasteiger charge is 2.27. The molecule has 0 radical (unpaired) electrons. The van der Waals surface area contributed by atoms with Crippen molar-refractivity contribution in [3.05, 3.63) is 59.9 Å².